The van der Waals surface area contributed by atoms with Crippen molar-refractivity contribution < 1.29 is 4.74 Å². The lowest BCUT2D eigenvalue weighted by Gasteiger charge is -2.42. The fourth-order valence-electron chi connectivity index (χ4n) is 4.44. The summed E-state index contributed by atoms with van der Waals surface area (Å²) in [4.78, 5) is 0. The van der Waals surface area contributed by atoms with Gasteiger partial charge in [0.1, 0.15) is 0 Å². The number of hydrogen-bond donors (Lipinski definition) is 0. The summed E-state index contributed by atoms with van der Waals surface area (Å²) < 4.78 is 6.42. The van der Waals surface area contributed by atoms with E-state index >= 15 is 0 Å². The largest absolute Gasteiger partial charge is 0.361 e. The summed E-state index contributed by atoms with van der Waals surface area (Å²) in [6, 6.07) is 19.5. The molecule has 0 aromatic heterocycles. The SMILES string of the molecule is CC12OC(c3ccccc31)C1C=C(c3ccccc3)C12. The molecule has 2 aliphatic heterocycles. The fourth-order valence-corrected chi connectivity index (χ4v) is 4.44. The van der Waals surface area contributed by atoms with Gasteiger partial charge in [0.05, 0.1) is 11.7 Å². The maximum Gasteiger partial charge on any atom is 0.0990 e. The van der Waals surface area contributed by atoms with Crippen LogP contribution in [0.5, 0.6) is 0 Å². The Morgan fingerprint density at radius 1 is 0.950 bits per heavy atom. The highest BCUT2D eigenvalue weighted by atomic mass is 16.5. The van der Waals surface area contributed by atoms with Gasteiger partial charge in [0.15, 0.2) is 0 Å². The van der Waals surface area contributed by atoms with Gasteiger partial charge in [-0.05, 0) is 29.2 Å². The van der Waals surface area contributed by atoms with E-state index < -0.39 is 0 Å². The van der Waals surface area contributed by atoms with Gasteiger partial charge in [-0.1, -0.05) is 60.7 Å². The second-order valence-corrected chi connectivity index (χ2v) is 6.28. The molecule has 0 saturated carbocycles. The highest BCUT2D eigenvalue weighted by Gasteiger charge is 2.63. The molecule has 98 valence electrons. The Bertz CT molecular complexity index is 730. The van der Waals surface area contributed by atoms with E-state index in [4.69, 9.17) is 4.74 Å². The van der Waals surface area contributed by atoms with Crippen LogP contribution in [0.3, 0.4) is 0 Å². The Labute approximate surface area is 118 Å². The highest BCUT2D eigenvalue weighted by molar-refractivity contribution is 5.77. The molecule has 2 aromatic rings. The van der Waals surface area contributed by atoms with Gasteiger partial charge >= 0.3 is 0 Å². The molecule has 2 aromatic carbocycles. The van der Waals surface area contributed by atoms with Crippen LogP contribution in [-0.2, 0) is 10.3 Å². The van der Waals surface area contributed by atoms with Gasteiger partial charge in [-0.3, -0.25) is 0 Å². The van der Waals surface area contributed by atoms with Crippen LogP contribution in [0.2, 0.25) is 0 Å². The van der Waals surface area contributed by atoms with E-state index in [-0.39, 0.29) is 11.7 Å². The van der Waals surface area contributed by atoms with Gasteiger partial charge in [0.2, 0.25) is 0 Å². The van der Waals surface area contributed by atoms with Crippen molar-refractivity contribution in [2.75, 3.05) is 0 Å². The summed E-state index contributed by atoms with van der Waals surface area (Å²) in [5, 5.41) is 0. The number of rotatable bonds is 1. The first-order valence-electron chi connectivity index (χ1n) is 7.33. The first-order valence-corrected chi connectivity index (χ1v) is 7.33. The van der Waals surface area contributed by atoms with E-state index in [9.17, 15) is 0 Å². The van der Waals surface area contributed by atoms with Crippen molar-refractivity contribution in [1.82, 2.24) is 0 Å². The van der Waals surface area contributed by atoms with Crippen LogP contribution in [0.1, 0.15) is 29.7 Å². The Balaban J connectivity index is 1.65. The Hall–Kier alpha value is -1.86. The summed E-state index contributed by atoms with van der Waals surface area (Å²) >= 11 is 0. The van der Waals surface area contributed by atoms with Crippen LogP contribution < -0.4 is 0 Å². The first kappa shape index (κ1) is 10.9. The Kier molecular flexibility index (Phi) is 1.86. The van der Waals surface area contributed by atoms with E-state index in [0.29, 0.717) is 11.8 Å². The molecule has 4 atom stereocenters. The molecule has 0 amide bonds. The zero-order valence-corrected chi connectivity index (χ0v) is 11.4. The van der Waals surface area contributed by atoms with Crippen molar-refractivity contribution in [2.45, 2.75) is 18.6 Å². The van der Waals surface area contributed by atoms with E-state index in [1.807, 2.05) is 0 Å². The quantitative estimate of drug-likeness (QED) is 0.742. The van der Waals surface area contributed by atoms with Crippen molar-refractivity contribution in [1.29, 1.82) is 0 Å². The molecule has 0 N–H and O–H groups in total. The summed E-state index contributed by atoms with van der Waals surface area (Å²) in [7, 11) is 0. The first-order chi connectivity index (χ1) is 9.79. The van der Waals surface area contributed by atoms with Crippen molar-refractivity contribution >= 4 is 5.57 Å². The number of ether oxygens (including phenoxy) is 1. The van der Waals surface area contributed by atoms with Crippen LogP contribution in [0.25, 0.3) is 5.57 Å². The van der Waals surface area contributed by atoms with E-state index in [1.54, 1.807) is 0 Å². The third-order valence-corrected chi connectivity index (χ3v) is 5.32. The summed E-state index contributed by atoms with van der Waals surface area (Å²) in [6.45, 7) is 2.27. The second-order valence-electron chi connectivity index (χ2n) is 6.28. The van der Waals surface area contributed by atoms with Crippen molar-refractivity contribution in [3.05, 3.63) is 77.4 Å². The molecule has 4 unspecified atom stereocenters. The minimum atomic E-state index is -0.133. The zero-order valence-electron chi connectivity index (χ0n) is 11.4. The maximum absolute atomic E-state index is 6.42. The molecule has 0 radical (unpaired) electrons. The number of fused-ring (bicyclic) bond motifs is 8. The van der Waals surface area contributed by atoms with Crippen molar-refractivity contribution in [3.63, 3.8) is 0 Å². The second kappa shape index (κ2) is 3.42. The molecule has 1 heteroatoms. The van der Waals surface area contributed by atoms with E-state index in [1.165, 1.54) is 22.3 Å². The Morgan fingerprint density at radius 2 is 1.70 bits per heavy atom. The number of hydrogen-bond acceptors (Lipinski definition) is 1. The maximum atomic E-state index is 6.42. The van der Waals surface area contributed by atoms with Gasteiger partial charge in [0, 0.05) is 11.8 Å². The predicted octanol–water partition coefficient (Wildman–Crippen LogP) is 4.32. The van der Waals surface area contributed by atoms with Crippen molar-refractivity contribution in [3.8, 4) is 0 Å². The lowest BCUT2D eigenvalue weighted by molar-refractivity contribution is -0.0174. The smallest absolute Gasteiger partial charge is 0.0990 e. The average Bonchev–Trinajstić information content (AvgIpc) is 2.85. The van der Waals surface area contributed by atoms with Gasteiger partial charge in [-0.25, -0.2) is 0 Å². The molecule has 2 heterocycles. The normalized spacial score (nSPS) is 36.0. The highest BCUT2D eigenvalue weighted by Crippen LogP contribution is 2.68. The van der Waals surface area contributed by atoms with Crippen molar-refractivity contribution in [2.24, 2.45) is 11.8 Å². The minimum absolute atomic E-state index is 0.133. The zero-order chi connectivity index (χ0) is 13.3. The summed E-state index contributed by atoms with van der Waals surface area (Å²) in [5.74, 6) is 1.08. The average molecular weight is 260 g/mol. The monoisotopic (exact) mass is 260 g/mol. The molecule has 1 fully saturated rings. The molecule has 1 saturated heterocycles. The standard InChI is InChI=1S/C19H16O/c1-19-16-10-6-5-9-13(16)18(20-19)15-11-14(17(15)19)12-7-3-2-4-8-12/h2-11,15,17-18H,1H3. The van der Waals surface area contributed by atoms with E-state index in [2.05, 4.69) is 67.6 Å². The summed E-state index contributed by atoms with van der Waals surface area (Å²) in [5.41, 5.74) is 5.48. The number of benzene rings is 2. The third-order valence-electron chi connectivity index (χ3n) is 5.32. The molecule has 0 spiro atoms. The predicted molar refractivity (Wildman–Crippen MR) is 79.0 cm³/mol. The molecule has 2 bridgehead atoms. The molecule has 3 aliphatic rings. The van der Waals surface area contributed by atoms with Gasteiger partial charge in [-0.2, -0.15) is 0 Å². The minimum Gasteiger partial charge on any atom is -0.361 e. The van der Waals surface area contributed by atoms with Crippen LogP contribution in [0.15, 0.2) is 60.7 Å². The van der Waals surface area contributed by atoms with Crippen LogP contribution >= 0.6 is 0 Å². The lowest BCUT2D eigenvalue weighted by atomic mass is 9.59. The molecule has 1 nitrogen and oxygen atoms in total. The van der Waals surface area contributed by atoms with Gasteiger partial charge in [-0.15, -0.1) is 0 Å². The van der Waals surface area contributed by atoms with Gasteiger partial charge in [0.25, 0.3) is 0 Å². The van der Waals surface area contributed by atoms with E-state index in [0.717, 1.165) is 0 Å². The third kappa shape index (κ3) is 1.09. The molecular weight excluding hydrogens is 244 g/mol. The van der Waals surface area contributed by atoms with Crippen LogP contribution in [0.4, 0.5) is 0 Å². The molecular formula is C19H16O. The van der Waals surface area contributed by atoms with Gasteiger partial charge < -0.3 is 4.74 Å². The van der Waals surface area contributed by atoms with Crippen LogP contribution in [0, 0.1) is 11.8 Å². The fraction of sp³-hybridized carbons (Fsp3) is 0.263. The molecule has 1 aliphatic carbocycles. The topological polar surface area (TPSA) is 9.23 Å². The molecule has 5 rings (SSSR count). The Morgan fingerprint density at radius 3 is 2.55 bits per heavy atom. The summed E-state index contributed by atoms with van der Waals surface area (Å²) in [6.07, 6.45) is 2.69. The van der Waals surface area contributed by atoms with Crippen LogP contribution in [-0.4, -0.2) is 0 Å². The molecule has 20 heavy (non-hydrogen) atoms. The lowest BCUT2D eigenvalue weighted by Crippen LogP contribution is -2.38.